The number of aliphatic carboxylic acids is 1. The first-order valence-electron chi connectivity index (χ1n) is 13.3. The molecule has 4 N–H and O–H groups in total. The normalized spacial score (nSPS) is 19.6. The minimum absolute atomic E-state index is 0.0420. The van der Waals surface area contributed by atoms with E-state index >= 15 is 0 Å². The van der Waals surface area contributed by atoms with Gasteiger partial charge in [-0.2, -0.15) is 0 Å². The fourth-order valence-electron chi connectivity index (χ4n) is 5.86. The van der Waals surface area contributed by atoms with Crippen molar-refractivity contribution in [1.82, 2.24) is 15.2 Å². The first kappa shape index (κ1) is 26.3. The number of carbonyl (C=O) groups excluding carboxylic acids is 3. The largest absolute Gasteiger partial charge is 0.480 e. The van der Waals surface area contributed by atoms with Gasteiger partial charge in [-0.3, -0.25) is 14.5 Å². The van der Waals surface area contributed by atoms with Crippen LogP contribution >= 0.6 is 0 Å². The Kier molecular flexibility index (Phi) is 6.34. The predicted molar refractivity (Wildman–Crippen MR) is 151 cm³/mol. The maximum absolute atomic E-state index is 14.2. The first-order chi connectivity index (χ1) is 19.7. The zero-order valence-corrected chi connectivity index (χ0v) is 22.4. The Labute approximate surface area is 235 Å². The van der Waals surface area contributed by atoms with Gasteiger partial charge in [0.25, 0.3) is 11.8 Å². The summed E-state index contributed by atoms with van der Waals surface area (Å²) < 4.78 is 0. The van der Waals surface area contributed by atoms with Crippen molar-refractivity contribution >= 4 is 40.4 Å². The second kappa shape index (κ2) is 9.90. The SMILES string of the molecule is Cc1ccc(C2c3[nH]c4ccccc4c3C[C@H]3C(=O)N(c4ccccc4C(=O)N[C@@H](C(=O)O)C(C)O)C(=O)N23)cc1. The number of aryl methyl sites for hydroxylation is 1. The summed E-state index contributed by atoms with van der Waals surface area (Å²) in [6.45, 7) is 3.22. The van der Waals surface area contributed by atoms with Gasteiger partial charge in [0.1, 0.15) is 12.1 Å². The molecule has 10 nitrogen and oxygen atoms in total. The molecular weight excluding hydrogens is 524 g/mol. The third kappa shape index (κ3) is 4.23. The number of aliphatic hydroxyl groups excluding tert-OH is 1. The number of nitrogens with one attached hydrogen (secondary N) is 2. The summed E-state index contributed by atoms with van der Waals surface area (Å²) in [6.07, 6.45) is -1.08. The summed E-state index contributed by atoms with van der Waals surface area (Å²) in [5.74, 6) is -2.72. The predicted octanol–water partition coefficient (Wildman–Crippen LogP) is 3.52. The molecular formula is C31H28N4O6. The molecule has 3 heterocycles. The third-order valence-corrected chi connectivity index (χ3v) is 7.87. The number of H-pyrrole nitrogens is 1. The van der Waals surface area contributed by atoms with E-state index in [0.717, 1.165) is 38.2 Å². The highest BCUT2D eigenvalue weighted by atomic mass is 16.4. The average molecular weight is 553 g/mol. The van der Waals surface area contributed by atoms with Gasteiger partial charge in [-0.15, -0.1) is 0 Å². The topological polar surface area (TPSA) is 143 Å². The number of para-hydroxylation sites is 2. The minimum Gasteiger partial charge on any atom is -0.480 e. The van der Waals surface area contributed by atoms with E-state index in [1.165, 1.54) is 19.1 Å². The zero-order valence-electron chi connectivity index (χ0n) is 22.4. The molecule has 0 bridgehead atoms. The molecule has 4 atom stereocenters. The lowest BCUT2D eigenvalue weighted by Gasteiger charge is -2.36. The van der Waals surface area contributed by atoms with Gasteiger partial charge in [0.15, 0.2) is 6.04 Å². The lowest BCUT2D eigenvalue weighted by molar-refractivity contribution is -0.141. The maximum Gasteiger partial charge on any atom is 0.332 e. The number of hydrogen-bond acceptors (Lipinski definition) is 5. The number of carboxylic acids is 1. The smallest absolute Gasteiger partial charge is 0.332 e. The van der Waals surface area contributed by atoms with Crippen molar-refractivity contribution < 1.29 is 29.4 Å². The van der Waals surface area contributed by atoms with Crippen LogP contribution in [0.3, 0.4) is 0 Å². The van der Waals surface area contributed by atoms with Crippen LogP contribution in [0.4, 0.5) is 10.5 Å². The lowest BCUT2D eigenvalue weighted by atomic mass is 9.88. The summed E-state index contributed by atoms with van der Waals surface area (Å²) >= 11 is 0. The number of hydrogen-bond donors (Lipinski definition) is 4. The highest BCUT2D eigenvalue weighted by Crippen LogP contribution is 2.45. The van der Waals surface area contributed by atoms with E-state index < -0.39 is 48.0 Å². The molecule has 2 aliphatic heterocycles. The number of amides is 4. The van der Waals surface area contributed by atoms with Crippen LogP contribution in [0.15, 0.2) is 72.8 Å². The van der Waals surface area contributed by atoms with E-state index in [1.807, 2.05) is 55.5 Å². The quantitative estimate of drug-likeness (QED) is 0.270. The van der Waals surface area contributed by atoms with Gasteiger partial charge in [0.05, 0.1) is 17.4 Å². The lowest BCUT2D eigenvalue weighted by Crippen LogP contribution is -2.48. The van der Waals surface area contributed by atoms with Crippen molar-refractivity contribution in [1.29, 1.82) is 0 Å². The molecule has 1 aromatic heterocycles. The molecule has 1 fully saturated rings. The third-order valence-electron chi connectivity index (χ3n) is 7.87. The summed E-state index contributed by atoms with van der Waals surface area (Å²) in [5.41, 5.74) is 4.59. The number of urea groups is 1. The van der Waals surface area contributed by atoms with E-state index in [-0.39, 0.29) is 11.3 Å². The van der Waals surface area contributed by atoms with Gasteiger partial charge in [-0.05, 0) is 43.2 Å². The second-order valence-corrected chi connectivity index (χ2v) is 10.5. The number of anilines is 1. The van der Waals surface area contributed by atoms with Gasteiger partial charge in [-0.1, -0.05) is 60.2 Å². The summed E-state index contributed by atoms with van der Waals surface area (Å²) in [6, 6.07) is 18.1. The zero-order chi connectivity index (χ0) is 29.0. The van der Waals surface area contributed by atoms with Crippen molar-refractivity contribution in [2.75, 3.05) is 4.90 Å². The molecule has 2 unspecified atom stereocenters. The van der Waals surface area contributed by atoms with Crippen LogP contribution in [0.2, 0.25) is 0 Å². The Morgan fingerprint density at radius 1 is 1.00 bits per heavy atom. The molecule has 2 aliphatic rings. The molecule has 6 rings (SSSR count). The van der Waals surface area contributed by atoms with Crippen LogP contribution in [0.5, 0.6) is 0 Å². The summed E-state index contributed by atoms with van der Waals surface area (Å²) in [7, 11) is 0. The number of imide groups is 1. The fraction of sp³-hybridized carbons (Fsp3) is 0.226. The van der Waals surface area contributed by atoms with Gasteiger partial charge in [0, 0.05) is 23.0 Å². The van der Waals surface area contributed by atoms with Gasteiger partial charge < -0.3 is 20.5 Å². The number of carboxylic acid groups (broad SMARTS) is 1. The molecule has 0 radical (unpaired) electrons. The molecule has 3 aromatic carbocycles. The number of benzene rings is 3. The number of aromatic amines is 1. The van der Waals surface area contributed by atoms with Crippen molar-refractivity contribution in [2.24, 2.45) is 0 Å². The summed E-state index contributed by atoms with van der Waals surface area (Å²) in [5, 5.41) is 22.6. The van der Waals surface area contributed by atoms with E-state index in [4.69, 9.17) is 0 Å². The van der Waals surface area contributed by atoms with Crippen LogP contribution in [-0.2, 0) is 16.0 Å². The molecule has 208 valence electrons. The Morgan fingerprint density at radius 2 is 1.68 bits per heavy atom. The Morgan fingerprint density at radius 3 is 2.39 bits per heavy atom. The average Bonchev–Trinajstić information content (AvgIpc) is 3.45. The van der Waals surface area contributed by atoms with Crippen molar-refractivity contribution in [3.8, 4) is 0 Å². The van der Waals surface area contributed by atoms with E-state index in [0.29, 0.717) is 6.42 Å². The number of carbonyl (C=O) groups is 4. The number of aromatic nitrogens is 1. The fourth-order valence-corrected chi connectivity index (χ4v) is 5.86. The number of fused-ring (bicyclic) bond motifs is 4. The number of rotatable bonds is 6. The molecule has 0 saturated carbocycles. The molecule has 1 saturated heterocycles. The van der Waals surface area contributed by atoms with E-state index in [9.17, 15) is 29.4 Å². The van der Waals surface area contributed by atoms with Crippen LogP contribution < -0.4 is 10.2 Å². The highest BCUT2D eigenvalue weighted by Gasteiger charge is 2.53. The number of nitrogens with zero attached hydrogens (tertiary/aromatic N) is 2. The Hall–Kier alpha value is -4.96. The first-order valence-corrected chi connectivity index (χ1v) is 13.3. The van der Waals surface area contributed by atoms with Crippen LogP contribution in [0.25, 0.3) is 10.9 Å². The molecule has 0 spiro atoms. The number of aliphatic hydroxyl groups is 1. The van der Waals surface area contributed by atoms with Gasteiger partial charge >= 0.3 is 12.0 Å². The van der Waals surface area contributed by atoms with Crippen LogP contribution in [0, 0.1) is 6.92 Å². The maximum atomic E-state index is 14.2. The van der Waals surface area contributed by atoms with E-state index in [2.05, 4.69) is 10.3 Å². The van der Waals surface area contributed by atoms with E-state index in [1.54, 1.807) is 17.0 Å². The summed E-state index contributed by atoms with van der Waals surface area (Å²) in [4.78, 5) is 59.1. The molecule has 4 amide bonds. The van der Waals surface area contributed by atoms with Gasteiger partial charge in [0.2, 0.25) is 0 Å². The van der Waals surface area contributed by atoms with Crippen LogP contribution in [0.1, 0.15) is 45.7 Å². The Bertz CT molecular complexity index is 1710. The standard InChI is InChI=1S/C31H28N4O6/c1-16-11-13-18(14-12-16)27-26-21(19-7-3-5-9-22(19)32-26)15-24-29(38)35(31(41)34(24)27)23-10-6-4-8-20(23)28(37)33-25(17(2)36)30(39)40/h3-14,17,24-25,27,32,36H,15H2,1-2H3,(H,33,37)(H,39,40)/t17?,24-,25+,27?/m0/s1. The minimum atomic E-state index is -1.57. The van der Waals surface area contributed by atoms with Crippen molar-refractivity contribution in [2.45, 2.75) is 44.5 Å². The monoisotopic (exact) mass is 552 g/mol. The van der Waals surface area contributed by atoms with Crippen molar-refractivity contribution in [3.63, 3.8) is 0 Å². The molecule has 0 aliphatic carbocycles. The van der Waals surface area contributed by atoms with Crippen LogP contribution in [-0.4, -0.2) is 62.1 Å². The molecule has 10 heteroatoms. The molecule has 41 heavy (non-hydrogen) atoms. The Balaban J connectivity index is 1.44. The highest BCUT2D eigenvalue weighted by molar-refractivity contribution is 6.24. The van der Waals surface area contributed by atoms with Crippen molar-refractivity contribution in [3.05, 3.63) is 101 Å². The van der Waals surface area contributed by atoms with Gasteiger partial charge in [-0.25, -0.2) is 14.5 Å². The second-order valence-electron chi connectivity index (χ2n) is 10.5. The molecule has 4 aromatic rings.